The molecule has 2 aromatic rings. The second kappa shape index (κ2) is 7.83. The number of hydrogen-bond donors (Lipinski definition) is 0. The van der Waals surface area contributed by atoms with Crippen molar-refractivity contribution in [1.29, 1.82) is 0 Å². The van der Waals surface area contributed by atoms with Crippen LogP contribution in [0.15, 0.2) is 36.4 Å². The molecule has 0 spiro atoms. The summed E-state index contributed by atoms with van der Waals surface area (Å²) in [6.45, 7) is 4.10. The van der Waals surface area contributed by atoms with E-state index in [1.54, 1.807) is 0 Å². The van der Waals surface area contributed by atoms with Gasteiger partial charge in [0.05, 0.1) is 0 Å². The van der Waals surface area contributed by atoms with Crippen LogP contribution in [0.5, 0.6) is 5.75 Å². The summed E-state index contributed by atoms with van der Waals surface area (Å²) in [4.78, 5) is 11.4. The molecule has 0 aromatic heterocycles. The maximum atomic E-state index is 11.4. The topological polar surface area (TPSA) is 26.3 Å². The van der Waals surface area contributed by atoms with Gasteiger partial charge in [0, 0.05) is 6.42 Å². The molecule has 0 aliphatic heterocycles. The molecule has 2 aromatic carbocycles. The smallest absolute Gasteiger partial charge is 0.310 e. The highest BCUT2D eigenvalue weighted by molar-refractivity contribution is 5.85. The Morgan fingerprint density at radius 1 is 1.00 bits per heavy atom. The maximum Gasteiger partial charge on any atom is 0.310 e. The number of carbonyl (C=O) groups is 1. The Morgan fingerprint density at radius 3 is 2.42 bits per heavy atom. The molecule has 0 heterocycles. The lowest BCUT2D eigenvalue weighted by Crippen LogP contribution is -2.13. The fourth-order valence-electron chi connectivity index (χ4n) is 3.96. The Morgan fingerprint density at radius 2 is 1.71 bits per heavy atom. The van der Waals surface area contributed by atoms with Gasteiger partial charge in [-0.1, -0.05) is 51.0 Å². The zero-order chi connectivity index (χ0) is 16.9. The van der Waals surface area contributed by atoms with E-state index in [2.05, 4.69) is 31.2 Å². The van der Waals surface area contributed by atoms with Crippen LogP contribution < -0.4 is 4.74 Å². The van der Waals surface area contributed by atoms with E-state index in [-0.39, 0.29) is 5.97 Å². The van der Waals surface area contributed by atoms with Crippen LogP contribution in [0, 0.1) is 5.92 Å². The van der Waals surface area contributed by atoms with Gasteiger partial charge in [0.2, 0.25) is 0 Å². The van der Waals surface area contributed by atoms with Crippen molar-refractivity contribution in [2.75, 3.05) is 0 Å². The molecule has 24 heavy (non-hydrogen) atoms. The summed E-state index contributed by atoms with van der Waals surface area (Å²) in [6.07, 6.45) is 8.51. The molecular weight excluding hydrogens is 296 g/mol. The number of ether oxygens (including phenoxy) is 1. The van der Waals surface area contributed by atoms with Crippen LogP contribution in [0.25, 0.3) is 10.8 Å². The first-order valence-electron chi connectivity index (χ1n) is 9.44. The first kappa shape index (κ1) is 17.0. The quantitative estimate of drug-likeness (QED) is 0.481. The SMILES string of the molecule is CCCC1CCC(c2ccc3cc(OC(=O)CC)ccc3c2)CC1. The average Bonchev–Trinajstić information content (AvgIpc) is 2.62. The van der Waals surface area contributed by atoms with E-state index in [9.17, 15) is 4.79 Å². The first-order valence-corrected chi connectivity index (χ1v) is 9.44. The van der Waals surface area contributed by atoms with Crippen molar-refractivity contribution in [3.8, 4) is 5.75 Å². The van der Waals surface area contributed by atoms with E-state index in [1.807, 2.05) is 19.1 Å². The number of hydrogen-bond acceptors (Lipinski definition) is 2. The molecule has 1 saturated carbocycles. The third-order valence-corrected chi connectivity index (χ3v) is 5.37. The van der Waals surface area contributed by atoms with Gasteiger partial charge in [-0.2, -0.15) is 0 Å². The zero-order valence-corrected chi connectivity index (χ0v) is 14.9. The van der Waals surface area contributed by atoms with Gasteiger partial charge < -0.3 is 4.74 Å². The molecule has 0 saturated heterocycles. The van der Waals surface area contributed by atoms with Crippen LogP contribution in [0.1, 0.15) is 70.3 Å². The summed E-state index contributed by atoms with van der Waals surface area (Å²) in [5.41, 5.74) is 1.47. The minimum Gasteiger partial charge on any atom is -0.427 e. The Balaban J connectivity index is 1.72. The van der Waals surface area contributed by atoms with E-state index in [4.69, 9.17) is 4.74 Å². The van der Waals surface area contributed by atoms with Gasteiger partial charge in [0.1, 0.15) is 5.75 Å². The van der Waals surface area contributed by atoms with Crippen LogP contribution in [-0.2, 0) is 4.79 Å². The minimum absolute atomic E-state index is 0.185. The monoisotopic (exact) mass is 324 g/mol. The van der Waals surface area contributed by atoms with E-state index < -0.39 is 0 Å². The largest absolute Gasteiger partial charge is 0.427 e. The lowest BCUT2D eigenvalue weighted by atomic mass is 9.77. The zero-order valence-electron chi connectivity index (χ0n) is 14.9. The van der Waals surface area contributed by atoms with E-state index in [0.29, 0.717) is 18.1 Å². The second-order valence-corrected chi connectivity index (χ2v) is 7.10. The number of fused-ring (bicyclic) bond motifs is 1. The Labute approximate surface area is 145 Å². The average molecular weight is 324 g/mol. The normalized spacial score (nSPS) is 20.9. The molecule has 3 rings (SSSR count). The lowest BCUT2D eigenvalue weighted by Gasteiger charge is -2.28. The molecule has 2 nitrogen and oxygen atoms in total. The van der Waals surface area contributed by atoms with Gasteiger partial charge in [-0.25, -0.2) is 0 Å². The van der Waals surface area contributed by atoms with Crippen molar-refractivity contribution in [1.82, 2.24) is 0 Å². The molecular formula is C22H28O2. The van der Waals surface area contributed by atoms with Gasteiger partial charge in [-0.05, 0) is 66.0 Å². The molecule has 0 bridgehead atoms. The van der Waals surface area contributed by atoms with Crippen molar-refractivity contribution in [3.05, 3.63) is 42.0 Å². The summed E-state index contributed by atoms with van der Waals surface area (Å²) in [5.74, 6) is 2.11. The molecule has 0 amide bonds. The van der Waals surface area contributed by atoms with E-state index in [0.717, 1.165) is 11.3 Å². The van der Waals surface area contributed by atoms with Crippen molar-refractivity contribution in [2.24, 2.45) is 5.92 Å². The summed E-state index contributed by atoms with van der Waals surface area (Å²) in [5, 5.41) is 2.37. The summed E-state index contributed by atoms with van der Waals surface area (Å²) in [6, 6.07) is 12.7. The number of esters is 1. The van der Waals surface area contributed by atoms with Crippen molar-refractivity contribution >= 4 is 16.7 Å². The highest BCUT2D eigenvalue weighted by Crippen LogP contribution is 2.38. The third-order valence-electron chi connectivity index (χ3n) is 5.37. The molecule has 1 aliphatic carbocycles. The predicted molar refractivity (Wildman–Crippen MR) is 99.5 cm³/mol. The Hall–Kier alpha value is -1.83. The third kappa shape index (κ3) is 3.98. The Bertz CT molecular complexity index is 696. The number of carbonyl (C=O) groups excluding carboxylic acids is 1. The minimum atomic E-state index is -0.185. The van der Waals surface area contributed by atoms with Crippen molar-refractivity contribution in [2.45, 2.75) is 64.7 Å². The van der Waals surface area contributed by atoms with Crippen molar-refractivity contribution < 1.29 is 9.53 Å². The maximum absolute atomic E-state index is 11.4. The standard InChI is InChI=1S/C22H28O2/c1-3-5-16-6-8-17(9-7-16)18-10-11-20-15-21(24-22(23)4-2)13-12-19(20)14-18/h10-17H,3-9H2,1-2H3. The molecule has 1 aliphatic rings. The molecule has 0 radical (unpaired) electrons. The molecule has 128 valence electrons. The molecule has 1 fully saturated rings. The first-order chi connectivity index (χ1) is 11.7. The highest BCUT2D eigenvalue weighted by atomic mass is 16.5. The number of benzene rings is 2. The molecule has 2 heteroatoms. The molecule has 0 unspecified atom stereocenters. The van der Waals surface area contributed by atoms with Crippen LogP contribution >= 0.6 is 0 Å². The Kier molecular flexibility index (Phi) is 5.55. The van der Waals surface area contributed by atoms with Gasteiger partial charge in [0.25, 0.3) is 0 Å². The van der Waals surface area contributed by atoms with Crippen molar-refractivity contribution in [3.63, 3.8) is 0 Å². The summed E-state index contributed by atoms with van der Waals surface area (Å²) < 4.78 is 5.31. The van der Waals surface area contributed by atoms with Crippen LogP contribution in [0.4, 0.5) is 0 Å². The second-order valence-electron chi connectivity index (χ2n) is 7.10. The fraction of sp³-hybridized carbons (Fsp3) is 0.500. The van der Waals surface area contributed by atoms with Gasteiger partial charge in [-0.15, -0.1) is 0 Å². The fourth-order valence-corrected chi connectivity index (χ4v) is 3.96. The van der Waals surface area contributed by atoms with Crippen LogP contribution in [-0.4, -0.2) is 5.97 Å². The van der Waals surface area contributed by atoms with Crippen LogP contribution in [0.3, 0.4) is 0 Å². The van der Waals surface area contributed by atoms with Gasteiger partial charge in [-0.3, -0.25) is 4.79 Å². The highest BCUT2D eigenvalue weighted by Gasteiger charge is 2.21. The molecule has 0 N–H and O–H groups in total. The van der Waals surface area contributed by atoms with Gasteiger partial charge >= 0.3 is 5.97 Å². The van der Waals surface area contributed by atoms with E-state index in [1.165, 1.54) is 49.5 Å². The predicted octanol–water partition coefficient (Wildman–Crippen LogP) is 6.23. The molecule has 0 atom stereocenters. The lowest BCUT2D eigenvalue weighted by molar-refractivity contribution is -0.134. The van der Waals surface area contributed by atoms with E-state index >= 15 is 0 Å². The summed E-state index contributed by atoms with van der Waals surface area (Å²) >= 11 is 0. The van der Waals surface area contributed by atoms with Crippen LogP contribution in [0.2, 0.25) is 0 Å². The van der Waals surface area contributed by atoms with Gasteiger partial charge in [0.15, 0.2) is 0 Å². The summed E-state index contributed by atoms with van der Waals surface area (Å²) in [7, 11) is 0. The number of rotatable bonds is 5.